The minimum absolute atomic E-state index is 0.000282. The topological polar surface area (TPSA) is 73.2 Å². The van der Waals surface area contributed by atoms with Gasteiger partial charge >= 0.3 is 5.97 Å². The number of aromatic nitrogens is 2. The Morgan fingerprint density at radius 3 is 3.09 bits per heavy atom. The van der Waals surface area contributed by atoms with Crippen LogP contribution in [0.4, 0.5) is 5.82 Å². The Labute approximate surface area is 132 Å². The quantitative estimate of drug-likeness (QED) is 0.878. The maximum atomic E-state index is 12.0. The van der Waals surface area contributed by atoms with Gasteiger partial charge in [0.2, 0.25) is 5.91 Å². The van der Waals surface area contributed by atoms with E-state index in [9.17, 15) is 9.59 Å². The van der Waals surface area contributed by atoms with Crippen LogP contribution in [0.1, 0.15) is 35.4 Å². The molecular formula is C15H17N3O3S. The maximum absolute atomic E-state index is 12.0. The Morgan fingerprint density at radius 1 is 1.59 bits per heavy atom. The summed E-state index contributed by atoms with van der Waals surface area (Å²) < 4.78 is 6.49. The van der Waals surface area contributed by atoms with Crippen molar-refractivity contribution in [1.29, 1.82) is 0 Å². The van der Waals surface area contributed by atoms with Crippen LogP contribution in [0.2, 0.25) is 0 Å². The van der Waals surface area contributed by atoms with E-state index in [1.54, 1.807) is 18.3 Å². The van der Waals surface area contributed by atoms with Crippen molar-refractivity contribution in [2.75, 3.05) is 11.9 Å². The molecule has 2 aromatic rings. The van der Waals surface area contributed by atoms with Crippen molar-refractivity contribution < 1.29 is 14.3 Å². The van der Waals surface area contributed by atoms with E-state index in [-0.39, 0.29) is 24.3 Å². The predicted octanol–water partition coefficient (Wildman–Crippen LogP) is 2.29. The molecule has 3 rings (SSSR count). The molecule has 1 atom stereocenters. The fraction of sp³-hybridized carbons (Fsp3) is 0.400. The first-order valence-corrected chi connectivity index (χ1v) is 8.04. The van der Waals surface area contributed by atoms with Gasteiger partial charge in [-0.2, -0.15) is 5.10 Å². The number of carbonyl (C=O) groups excluding carboxylic acids is 2. The van der Waals surface area contributed by atoms with Crippen LogP contribution in [0.5, 0.6) is 0 Å². The Bertz CT molecular complexity index is 706. The van der Waals surface area contributed by atoms with Crippen LogP contribution in [0, 0.1) is 6.92 Å². The van der Waals surface area contributed by atoms with E-state index in [0.29, 0.717) is 18.8 Å². The number of thiophene rings is 1. The number of fused-ring (bicyclic) bond motifs is 1. The maximum Gasteiger partial charge on any atom is 0.327 e. The average molecular weight is 319 g/mol. The molecule has 0 radical (unpaired) electrons. The lowest BCUT2D eigenvalue weighted by molar-refractivity contribution is -0.144. The number of hydrogen-bond acceptors (Lipinski definition) is 5. The monoisotopic (exact) mass is 319 g/mol. The fourth-order valence-electron chi connectivity index (χ4n) is 2.79. The number of carbonyl (C=O) groups is 2. The van der Waals surface area contributed by atoms with Crippen molar-refractivity contribution in [3.8, 4) is 0 Å². The standard InChI is InChI=1S/C15H17N3O3S/c1-3-21-13(20)8-18-15-14(9(2)17-18)10(7-12(19)16-15)11-5-4-6-22-11/h4-6,10H,3,7-8H2,1-2H3,(H,16,19)/t10-/m1/s1. The summed E-state index contributed by atoms with van der Waals surface area (Å²) >= 11 is 1.63. The van der Waals surface area contributed by atoms with Crippen molar-refractivity contribution in [2.45, 2.75) is 32.7 Å². The molecule has 0 saturated carbocycles. The van der Waals surface area contributed by atoms with E-state index < -0.39 is 0 Å². The molecule has 1 aliphatic heterocycles. The number of nitrogens with one attached hydrogen (secondary N) is 1. The van der Waals surface area contributed by atoms with Crippen LogP contribution in [-0.4, -0.2) is 28.3 Å². The third kappa shape index (κ3) is 2.64. The molecular weight excluding hydrogens is 302 g/mol. The third-order valence-corrected chi connectivity index (χ3v) is 4.63. The number of esters is 1. The van der Waals surface area contributed by atoms with E-state index >= 15 is 0 Å². The van der Waals surface area contributed by atoms with E-state index in [2.05, 4.69) is 10.4 Å². The van der Waals surface area contributed by atoms with Crippen molar-refractivity contribution >= 4 is 29.0 Å². The number of rotatable bonds is 4. The highest BCUT2D eigenvalue weighted by Crippen LogP contribution is 2.40. The highest BCUT2D eigenvalue weighted by molar-refractivity contribution is 7.10. The van der Waals surface area contributed by atoms with Gasteiger partial charge in [0.05, 0.1) is 12.3 Å². The van der Waals surface area contributed by atoms with Gasteiger partial charge in [0.1, 0.15) is 12.4 Å². The Morgan fingerprint density at radius 2 is 2.41 bits per heavy atom. The molecule has 1 N–H and O–H groups in total. The van der Waals surface area contributed by atoms with Crippen molar-refractivity contribution in [3.63, 3.8) is 0 Å². The number of hydrogen-bond donors (Lipinski definition) is 1. The SMILES string of the molecule is CCOC(=O)Cn1nc(C)c2c1NC(=O)C[C@@H]2c1cccs1. The van der Waals surface area contributed by atoms with Crippen LogP contribution < -0.4 is 5.32 Å². The summed E-state index contributed by atoms with van der Waals surface area (Å²) in [7, 11) is 0. The van der Waals surface area contributed by atoms with E-state index in [4.69, 9.17) is 4.74 Å². The second-order valence-electron chi connectivity index (χ2n) is 5.13. The summed E-state index contributed by atoms with van der Waals surface area (Å²) in [6, 6.07) is 4.00. The van der Waals surface area contributed by atoms with Crippen LogP contribution >= 0.6 is 11.3 Å². The minimum atomic E-state index is -0.361. The molecule has 3 heterocycles. The summed E-state index contributed by atoms with van der Waals surface area (Å²) in [5.41, 5.74) is 1.82. The Hall–Kier alpha value is -2.15. The normalized spacial score (nSPS) is 17.0. The lowest BCUT2D eigenvalue weighted by Gasteiger charge is -2.23. The van der Waals surface area contributed by atoms with Gasteiger partial charge in [0, 0.05) is 22.8 Å². The van der Waals surface area contributed by atoms with Crippen molar-refractivity contribution in [1.82, 2.24) is 9.78 Å². The molecule has 116 valence electrons. The highest BCUT2D eigenvalue weighted by Gasteiger charge is 2.33. The van der Waals surface area contributed by atoms with Gasteiger partial charge in [-0.3, -0.25) is 9.59 Å². The summed E-state index contributed by atoms with van der Waals surface area (Å²) in [6.07, 6.45) is 0.402. The second kappa shape index (κ2) is 5.92. The van der Waals surface area contributed by atoms with Gasteiger partial charge < -0.3 is 10.1 Å². The number of aryl methyl sites for hydroxylation is 1. The summed E-state index contributed by atoms with van der Waals surface area (Å²) in [5, 5.41) is 9.26. The molecule has 0 saturated heterocycles. The molecule has 0 bridgehead atoms. The minimum Gasteiger partial charge on any atom is -0.465 e. The zero-order chi connectivity index (χ0) is 15.7. The molecule has 0 fully saturated rings. The van der Waals surface area contributed by atoms with Gasteiger partial charge in [-0.1, -0.05) is 6.07 Å². The van der Waals surface area contributed by atoms with Gasteiger partial charge in [-0.25, -0.2) is 4.68 Å². The number of nitrogens with zero attached hydrogens (tertiary/aromatic N) is 2. The molecule has 0 aliphatic carbocycles. The lowest BCUT2D eigenvalue weighted by Crippen LogP contribution is -2.26. The van der Waals surface area contributed by atoms with Gasteiger partial charge in [0.25, 0.3) is 0 Å². The van der Waals surface area contributed by atoms with E-state index in [1.807, 2.05) is 24.4 Å². The van der Waals surface area contributed by atoms with Crippen molar-refractivity contribution in [3.05, 3.63) is 33.6 Å². The lowest BCUT2D eigenvalue weighted by atomic mass is 9.91. The Balaban J connectivity index is 1.99. The third-order valence-electron chi connectivity index (χ3n) is 3.64. The molecule has 22 heavy (non-hydrogen) atoms. The first kappa shape index (κ1) is 14.8. The summed E-state index contributed by atoms with van der Waals surface area (Å²) in [5.74, 6) is 0.191. The molecule has 0 aromatic carbocycles. The number of ether oxygens (including phenoxy) is 1. The van der Waals surface area contributed by atoms with Gasteiger partial charge in [-0.05, 0) is 25.3 Å². The summed E-state index contributed by atoms with van der Waals surface area (Å²) in [4.78, 5) is 24.9. The smallest absolute Gasteiger partial charge is 0.327 e. The molecule has 7 heteroatoms. The molecule has 1 aliphatic rings. The van der Waals surface area contributed by atoms with Crippen molar-refractivity contribution in [2.24, 2.45) is 0 Å². The Kier molecular flexibility index (Phi) is 3.98. The molecule has 2 aromatic heterocycles. The average Bonchev–Trinajstić information content (AvgIpc) is 3.08. The number of amides is 1. The zero-order valence-electron chi connectivity index (χ0n) is 12.5. The summed E-state index contributed by atoms with van der Waals surface area (Å²) in [6.45, 7) is 3.99. The first-order chi connectivity index (χ1) is 10.6. The van der Waals surface area contributed by atoms with Crippen LogP contribution in [0.15, 0.2) is 17.5 Å². The largest absolute Gasteiger partial charge is 0.465 e. The first-order valence-electron chi connectivity index (χ1n) is 7.16. The molecule has 1 amide bonds. The molecule has 0 spiro atoms. The van der Waals surface area contributed by atoms with Crippen LogP contribution in [0.3, 0.4) is 0 Å². The number of anilines is 1. The predicted molar refractivity (Wildman–Crippen MR) is 83.0 cm³/mol. The van der Waals surface area contributed by atoms with Crippen LogP contribution in [0.25, 0.3) is 0 Å². The fourth-order valence-corrected chi connectivity index (χ4v) is 3.63. The molecule has 6 nitrogen and oxygen atoms in total. The van der Waals surface area contributed by atoms with E-state index in [1.165, 1.54) is 4.68 Å². The van der Waals surface area contributed by atoms with Gasteiger partial charge in [-0.15, -0.1) is 11.3 Å². The van der Waals surface area contributed by atoms with Gasteiger partial charge in [0.15, 0.2) is 0 Å². The van der Waals surface area contributed by atoms with Crippen LogP contribution in [-0.2, 0) is 20.9 Å². The van der Waals surface area contributed by atoms with E-state index in [0.717, 1.165) is 16.1 Å². The highest BCUT2D eigenvalue weighted by atomic mass is 32.1. The zero-order valence-corrected chi connectivity index (χ0v) is 13.3. The second-order valence-corrected chi connectivity index (χ2v) is 6.11. The molecule has 0 unspecified atom stereocenters.